The molecule has 3 rings (SSSR count). The second kappa shape index (κ2) is 5.69. The summed E-state index contributed by atoms with van der Waals surface area (Å²) >= 11 is 5.90. The highest BCUT2D eigenvalue weighted by Crippen LogP contribution is 2.26. The molecule has 0 saturated carbocycles. The summed E-state index contributed by atoms with van der Waals surface area (Å²) in [6.45, 7) is 0.895. The van der Waals surface area contributed by atoms with Crippen molar-refractivity contribution in [2.75, 3.05) is 18.4 Å². The zero-order chi connectivity index (χ0) is 15.7. The number of carboxylic acid groups (broad SMARTS) is 1. The Morgan fingerprint density at radius 3 is 3.14 bits per heavy atom. The molecule has 1 amide bonds. The predicted octanol–water partition coefficient (Wildman–Crippen LogP) is 2.04. The van der Waals surface area contributed by atoms with Gasteiger partial charge in [0.2, 0.25) is 5.28 Å². The van der Waals surface area contributed by atoms with Gasteiger partial charge >= 0.3 is 6.09 Å². The smallest absolute Gasteiger partial charge is 0.407 e. The number of nitrogens with one attached hydrogen (secondary N) is 2. The topological polar surface area (TPSA) is 118 Å². The molecule has 3 heterocycles. The molecule has 2 aromatic rings. The molecule has 1 atom stereocenters. The summed E-state index contributed by atoms with van der Waals surface area (Å²) in [4.78, 5) is 23.5. The SMILES string of the molecule is N#Cc1c[nH]c2nc(Cl)nc(N[C@@H]3CCCN(C(=O)O)C3)c12. The maximum absolute atomic E-state index is 11.1. The number of hydrogen-bond donors (Lipinski definition) is 3. The van der Waals surface area contributed by atoms with Crippen LogP contribution in [-0.4, -0.2) is 50.2 Å². The van der Waals surface area contributed by atoms with Gasteiger partial charge in [-0.2, -0.15) is 15.2 Å². The van der Waals surface area contributed by atoms with E-state index in [0.717, 1.165) is 12.8 Å². The summed E-state index contributed by atoms with van der Waals surface area (Å²) in [6, 6.07) is 1.99. The third-order valence-electron chi connectivity index (χ3n) is 3.66. The number of H-pyrrole nitrogens is 1. The summed E-state index contributed by atoms with van der Waals surface area (Å²) in [5, 5.41) is 22.1. The van der Waals surface area contributed by atoms with E-state index in [-0.39, 0.29) is 11.3 Å². The molecule has 0 aromatic carbocycles. The Morgan fingerprint density at radius 1 is 1.59 bits per heavy atom. The fraction of sp³-hybridized carbons (Fsp3) is 0.385. The molecule has 9 heteroatoms. The van der Waals surface area contributed by atoms with Crippen LogP contribution in [0.4, 0.5) is 10.6 Å². The zero-order valence-corrected chi connectivity index (χ0v) is 12.3. The van der Waals surface area contributed by atoms with Gasteiger partial charge in [-0.25, -0.2) is 4.79 Å². The van der Waals surface area contributed by atoms with Crippen molar-refractivity contribution in [3.05, 3.63) is 17.0 Å². The molecule has 2 aromatic heterocycles. The van der Waals surface area contributed by atoms with Crippen LogP contribution in [0.5, 0.6) is 0 Å². The van der Waals surface area contributed by atoms with E-state index in [1.807, 2.05) is 0 Å². The van der Waals surface area contributed by atoms with E-state index in [2.05, 4.69) is 26.3 Å². The Kier molecular flexibility index (Phi) is 3.73. The van der Waals surface area contributed by atoms with Crippen LogP contribution in [0.15, 0.2) is 6.20 Å². The molecule has 0 bridgehead atoms. The number of piperidine rings is 1. The summed E-state index contributed by atoms with van der Waals surface area (Å²) in [5.41, 5.74) is 0.894. The largest absolute Gasteiger partial charge is 0.465 e. The highest BCUT2D eigenvalue weighted by molar-refractivity contribution is 6.28. The molecular weight excluding hydrogens is 308 g/mol. The molecule has 114 valence electrons. The Labute approximate surface area is 130 Å². The van der Waals surface area contributed by atoms with E-state index < -0.39 is 6.09 Å². The number of amides is 1. The number of fused-ring (bicyclic) bond motifs is 1. The first kappa shape index (κ1) is 14.4. The normalized spacial score (nSPS) is 18.2. The van der Waals surface area contributed by atoms with Crippen molar-refractivity contribution in [2.45, 2.75) is 18.9 Å². The number of aromatic amines is 1. The Morgan fingerprint density at radius 2 is 2.41 bits per heavy atom. The van der Waals surface area contributed by atoms with Crippen LogP contribution in [0.25, 0.3) is 11.0 Å². The van der Waals surface area contributed by atoms with Crippen molar-refractivity contribution in [3.8, 4) is 6.07 Å². The lowest BCUT2D eigenvalue weighted by atomic mass is 10.1. The highest BCUT2D eigenvalue weighted by Gasteiger charge is 2.24. The van der Waals surface area contributed by atoms with Crippen molar-refractivity contribution in [2.24, 2.45) is 0 Å². The first-order valence-corrected chi connectivity index (χ1v) is 7.15. The average Bonchev–Trinajstić information content (AvgIpc) is 2.90. The van der Waals surface area contributed by atoms with Crippen LogP contribution in [0.1, 0.15) is 18.4 Å². The van der Waals surface area contributed by atoms with E-state index in [1.54, 1.807) is 6.20 Å². The van der Waals surface area contributed by atoms with E-state index >= 15 is 0 Å². The summed E-state index contributed by atoms with van der Waals surface area (Å²) < 4.78 is 0. The van der Waals surface area contributed by atoms with Crippen LogP contribution >= 0.6 is 11.6 Å². The van der Waals surface area contributed by atoms with E-state index in [4.69, 9.17) is 22.0 Å². The Hall–Kier alpha value is -2.53. The molecule has 22 heavy (non-hydrogen) atoms. The van der Waals surface area contributed by atoms with Gasteiger partial charge in [0, 0.05) is 25.3 Å². The number of anilines is 1. The summed E-state index contributed by atoms with van der Waals surface area (Å²) in [7, 11) is 0. The molecule has 1 aliphatic rings. The molecule has 1 saturated heterocycles. The van der Waals surface area contributed by atoms with Gasteiger partial charge in [-0.15, -0.1) is 0 Å². The highest BCUT2D eigenvalue weighted by atomic mass is 35.5. The fourth-order valence-electron chi connectivity index (χ4n) is 2.66. The van der Waals surface area contributed by atoms with Gasteiger partial charge in [0.05, 0.1) is 10.9 Å². The van der Waals surface area contributed by atoms with Crippen molar-refractivity contribution in [1.82, 2.24) is 19.9 Å². The number of carbonyl (C=O) groups is 1. The minimum atomic E-state index is -0.934. The molecule has 8 nitrogen and oxygen atoms in total. The first-order chi connectivity index (χ1) is 10.6. The predicted molar refractivity (Wildman–Crippen MR) is 79.9 cm³/mol. The number of nitriles is 1. The maximum atomic E-state index is 11.1. The zero-order valence-electron chi connectivity index (χ0n) is 11.5. The average molecular weight is 321 g/mol. The fourth-order valence-corrected chi connectivity index (χ4v) is 2.83. The lowest BCUT2D eigenvalue weighted by Crippen LogP contribution is -2.44. The molecule has 1 fully saturated rings. The number of likely N-dealkylation sites (tertiary alicyclic amines) is 1. The molecule has 1 aliphatic heterocycles. The lowest BCUT2D eigenvalue weighted by molar-refractivity contribution is 0.133. The van der Waals surface area contributed by atoms with Crippen molar-refractivity contribution in [3.63, 3.8) is 0 Å². The van der Waals surface area contributed by atoms with E-state index in [0.29, 0.717) is 35.5 Å². The monoisotopic (exact) mass is 320 g/mol. The number of hydrogen-bond acceptors (Lipinski definition) is 5. The molecule has 3 N–H and O–H groups in total. The maximum Gasteiger partial charge on any atom is 0.407 e. The van der Waals surface area contributed by atoms with Gasteiger partial charge in [0.1, 0.15) is 17.5 Å². The van der Waals surface area contributed by atoms with Crippen LogP contribution in [0.2, 0.25) is 5.28 Å². The van der Waals surface area contributed by atoms with Gasteiger partial charge in [0.25, 0.3) is 0 Å². The van der Waals surface area contributed by atoms with Crippen LogP contribution in [-0.2, 0) is 0 Å². The van der Waals surface area contributed by atoms with E-state index in [9.17, 15) is 4.79 Å². The summed E-state index contributed by atoms with van der Waals surface area (Å²) in [6.07, 6.45) is 2.20. The number of rotatable bonds is 2. The Bertz CT molecular complexity index is 768. The van der Waals surface area contributed by atoms with Gasteiger partial charge in [-0.3, -0.25) is 0 Å². The minimum absolute atomic E-state index is 0.0623. The van der Waals surface area contributed by atoms with Crippen molar-refractivity contribution >= 4 is 34.5 Å². The molecule has 0 radical (unpaired) electrons. The van der Waals surface area contributed by atoms with E-state index in [1.165, 1.54) is 4.90 Å². The van der Waals surface area contributed by atoms with Crippen LogP contribution < -0.4 is 5.32 Å². The standard InChI is InChI=1S/C13H13ClN6O2/c14-12-18-10-9(7(4-15)5-16-10)11(19-12)17-8-2-1-3-20(6-8)13(21)22/h5,8H,1-3,6H2,(H,21,22)(H2,16,17,18,19)/t8-/m1/s1. The van der Waals surface area contributed by atoms with Gasteiger partial charge < -0.3 is 20.3 Å². The minimum Gasteiger partial charge on any atom is -0.465 e. The third-order valence-corrected chi connectivity index (χ3v) is 3.83. The first-order valence-electron chi connectivity index (χ1n) is 6.77. The number of nitrogens with zero attached hydrogens (tertiary/aromatic N) is 4. The van der Waals surface area contributed by atoms with Gasteiger partial charge in [-0.05, 0) is 24.4 Å². The molecular formula is C13H13ClN6O2. The van der Waals surface area contributed by atoms with Crippen LogP contribution in [0.3, 0.4) is 0 Å². The number of aromatic nitrogens is 3. The Balaban J connectivity index is 1.91. The van der Waals surface area contributed by atoms with Crippen molar-refractivity contribution in [1.29, 1.82) is 5.26 Å². The summed E-state index contributed by atoms with van der Waals surface area (Å²) in [5.74, 6) is 0.449. The van der Waals surface area contributed by atoms with Gasteiger partial charge in [0.15, 0.2) is 0 Å². The molecule has 0 unspecified atom stereocenters. The second-order valence-corrected chi connectivity index (χ2v) is 5.43. The van der Waals surface area contributed by atoms with Crippen molar-refractivity contribution < 1.29 is 9.90 Å². The second-order valence-electron chi connectivity index (χ2n) is 5.09. The lowest BCUT2D eigenvalue weighted by Gasteiger charge is -2.31. The van der Waals surface area contributed by atoms with Gasteiger partial charge in [-0.1, -0.05) is 0 Å². The van der Waals surface area contributed by atoms with Crippen LogP contribution in [0, 0.1) is 11.3 Å². The quantitative estimate of drug-likeness (QED) is 0.729. The molecule has 0 spiro atoms. The number of halogens is 1. The third kappa shape index (κ3) is 2.63. The molecule has 0 aliphatic carbocycles.